The second kappa shape index (κ2) is 11.3. The van der Waals surface area contributed by atoms with E-state index >= 15 is 0 Å². The number of aryl methyl sites for hydroxylation is 1. The lowest BCUT2D eigenvalue weighted by molar-refractivity contribution is -0.135. The van der Waals surface area contributed by atoms with Gasteiger partial charge in [-0.15, -0.1) is 0 Å². The van der Waals surface area contributed by atoms with Crippen LogP contribution in [0.4, 0.5) is 4.39 Å². The van der Waals surface area contributed by atoms with Crippen molar-refractivity contribution in [3.05, 3.63) is 65.7 Å². The molecule has 4 rings (SSSR count). The van der Waals surface area contributed by atoms with E-state index in [0.29, 0.717) is 24.7 Å². The zero-order valence-electron chi connectivity index (χ0n) is 19.8. The van der Waals surface area contributed by atoms with Gasteiger partial charge < -0.3 is 14.8 Å². The standard InChI is InChI=1S/C27H33FN4O2/c1-20-9-6-8-18-31(20)26(33)19-32-24-11-5-4-10-23(24)30-25(32)12-3-2-7-17-29-27(34)21-13-15-22(28)16-14-21/h4-5,10-11,13-16,20H,2-3,6-9,12,17-19H2,1H3,(H,29,34). The Morgan fingerprint density at radius 2 is 1.85 bits per heavy atom. The second-order valence-electron chi connectivity index (χ2n) is 9.11. The molecule has 0 aliphatic carbocycles. The molecule has 1 unspecified atom stereocenters. The summed E-state index contributed by atoms with van der Waals surface area (Å²) in [5.74, 6) is 0.566. The summed E-state index contributed by atoms with van der Waals surface area (Å²) in [5, 5.41) is 2.88. The van der Waals surface area contributed by atoms with Gasteiger partial charge >= 0.3 is 0 Å². The average Bonchev–Trinajstić information content (AvgIpc) is 3.19. The molecule has 2 heterocycles. The Balaban J connectivity index is 1.30. The van der Waals surface area contributed by atoms with Crippen molar-refractivity contribution in [2.75, 3.05) is 13.1 Å². The molecule has 1 atom stereocenters. The van der Waals surface area contributed by atoms with Gasteiger partial charge in [-0.1, -0.05) is 18.6 Å². The molecule has 1 aliphatic heterocycles. The molecule has 180 valence electrons. The van der Waals surface area contributed by atoms with Gasteiger partial charge in [-0.3, -0.25) is 9.59 Å². The normalized spacial score (nSPS) is 16.1. The first-order chi connectivity index (χ1) is 16.5. The molecule has 7 heteroatoms. The lowest BCUT2D eigenvalue weighted by Gasteiger charge is -2.33. The van der Waals surface area contributed by atoms with Gasteiger partial charge in [-0.25, -0.2) is 9.37 Å². The van der Waals surface area contributed by atoms with Gasteiger partial charge in [0.25, 0.3) is 5.91 Å². The van der Waals surface area contributed by atoms with Crippen molar-refractivity contribution >= 4 is 22.8 Å². The summed E-state index contributed by atoms with van der Waals surface area (Å²) in [4.78, 5) is 32.1. The van der Waals surface area contributed by atoms with Crippen molar-refractivity contribution in [3.8, 4) is 0 Å². The Bertz CT molecular complexity index is 1130. The van der Waals surface area contributed by atoms with Crippen LogP contribution in [0.15, 0.2) is 48.5 Å². The predicted octanol–water partition coefficient (Wildman–Crippen LogP) is 4.72. The van der Waals surface area contributed by atoms with E-state index in [2.05, 4.69) is 16.8 Å². The zero-order chi connectivity index (χ0) is 23.9. The molecule has 0 saturated carbocycles. The molecule has 6 nitrogen and oxygen atoms in total. The van der Waals surface area contributed by atoms with E-state index in [9.17, 15) is 14.0 Å². The Labute approximate surface area is 200 Å². The van der Waals surface area contributed by atoms with E-state index in [1.165, 1.54) is 30.7 Å². The predicted molar refractivity (Wildman–Crippen MR) is 131 cm³/mol. The van der Waals surface area contributed by atoms with E-state index < -0.39 is 0 Å². The highest BCUT2D eigenvalue weighted by molar-refractivity contribution is 5.94. The Morgan fingerprint density at radius 1 is 1.06 bits per heavy atom. The third-order valence-electron chi connectivity index (χ3n) is 6.62. The summed E-state index contributed by atoms with van der Waals surface area (Å²) in [5.41, 5.74) is 2.38. The lowest BCUT2D eigenvalue weighted by Crippen LogP contribution is -2.43. The Morgan fingerprint density at radius 3 is 2.65 bits per heavy atom. The first-order valence-electron chi connectivity index (χ1n) is 12.3. The molecule has 1 N–H and O–H groups in total. The third-order valence-corrected chi connectivity index (χ3v) is 6.62. The second-order valence-corrected chi connectivity index (χ2v) is 9.11. The summed E-state index contributed by atoms with van der Waals surface area (Å²) < 4.78 is 15.1. The van der Waals surface area contributed by atoms with Gasteiger partial charge in [0, 0.05) is 31.1 Å². The maximum Gasteiger partial charge on any atom is 0.251 e. The number of fused-ring (bicyclic) bond motifs is 1. The number of nitrogens with zero attached hydrogens (tertiary/aromatic N) is 3. The van der Waals surface area contributed by atoms with E-state index in [1.54, 1.807) is 0 Å². The SMILES string of the molecule is CC1CCCCN1C(=O)Cn1c(CCCCCNC(=O)c2ccc(F)cc2)nc2ccccc21. The van der Waals surface area contributed by atoms with Crippen LogP contribution in [-0.2, 0) is 17.8 Å². The minimum Gasteiger partial charge on any atom is -0.352 e. The zero-order valence-corrected chi connectivity index (χ0v) is 19.8. The minimum absolute atomic E-state index is 0.167. The molecule has 2 aromatic carbocycles. The first kappa shape index (κ1) is 23.9. The summed E-state index contributed by atoms with van der Waals surface area (Å²) >= 11 is 0. The van der Waals surface area contributed by atoms with Crippen LogP contribution >= 0.6 is 0 Å². The van der Waals surface area contributed by atoms with E-state index in [-0.39, 0.29) is 17.6 Å². The van der Waals surface area contributed by atoms with Gasteiger partial charge in [0.2, 0.25) is 5.91 Å². The molecule has 34 heavy (non-hydrogen) atoms. The molecular weight excluding hydrogens is 431 g/mol. The minimum atomic E-state index is -0.352. The van der Waals surface area contributed by atoms with Crippen LogP contribution in [-0.4, -0.2) is 45.4 Å². The number of para-hydroxylation sites is 2. The number of unbranched alkanes of at least 4 members (excludes halogenated alkanes) is 2. The van der Waals surface area contributed by atoms with Crippen molar-refractivity contribution < 1.29 is 14.0 Å². The molecule has 3 aromatic rings. The molecule has 1 aliphatic rings. The summed E-state index contributed by atoms with van der Waals surface area (Å²) in [7, 11) is 0. The van der Waals surface area contributed by atoms with Gasteiger partial charge in [-0.05, 0) is 75.4 Å². The van der Waals surface area contributed by atoms with Gasteiger partial charge in [0.05, 0.1) is 11.0 Å². The molecule has 0 bridgehead atoms. The fourth-order valence-electron chi connectivity index (χ4n) is 4.68. The molecule has 0 radical (unpaired) electrons. The number of halogens is 1. The fourth-order valence-corrected chi connectivity index (χ4v) is 4.68. The number of likely N-dealkylation sites (tertiary alicyclic amines) is 1. The number of hydrogen-bond acceptors (Lipinski definition) is 3. The number of benzene rings is 2. The number of piperidine rings is 1. The van der Waals surface area contributed by atoms with E-state index in [4.69, 9.17) is 4.98 Å². The number of rotatable bonds is 9. The number of carbonyl (C=O) groups is 2. The topological polar surface area (TPSA) is 67.2 Å². The fraction of sp³-hybridized carbons (Fsp3) is 0.444. The largest absolute Gasteiger partial charge is 0.352 e. The number of amides is 2. The molecule has 2 amide bonds. The monoisotopic (exact) mass is 464 g/mol. The summed E-state index contributed by atoms with van der Waals surface area (Å²) in [6.07, 6.45) is 6.82. The summed E-state index contributed by atoms with van der Waals surface area (Å²) in [6.45, 7) is 3.87. The van der Waals surface area contributed by atoms with Gasteiger partial charge in [-0.2, -0.15) is 0 Å². The number of hydrogen-bond donors (Lipinski definition) is 1. The molecule has 0 spiro atoms. The average molecular weight is 465 g/mol. The van der Waals surface area contributed by atoms with Crippen molar-refractivity contribution in [3.63, 3.8) is 0 Å². The highest BCUT2D eigenvalue weighted by Crippen LogP contribution is 2.21. The third kappa shape index (κ3) is 5.82. The molecule has 1 aromatic heterocycles. The maximum atomic E-state index is 13.1. The first-order valence-corrected chi connectivity index (χ1v) is 12.3. The number of imidazole rings is 1. The van der Waals surface area contributed by atoms with Gasteiger partial charge in [0.15, 0.2) is 0 Å². The Kier molecular flexibility index (Phi) is 7.93. The van der Waals surface area contributed by atoms with Crippen molar-refractivity contribution in [1.29, 1.82) is 0 Å². The highest BCUT2D eigenvalue weighted by atomic mass is 19.1. The number of carbonyl (C=O) groups excluding carboxylic acids is 2. The lowest BCUT2D eigenvalue weighted by atomic mass is 10.0. The van der Waals surface area contributed by atoms with Crippen LogP contribution in [0.1, 0.15) is 61.6 Å². The molecule has 1 saturated heterocycles. The van der Waals surface area contributed by atoms with E-state index in [0.717, 1.165) is 61.9 Å². The van der Waals surface area contributed by atoms with Crippen molar-refractivity contribution in [1.82, 2.24) is 19.8 Å². The quantitative estimate of drug-likeness (QED) is 0.466. The maximum absolute atomic E-state index is 13.1. The van der Waals surface area contributed by atoms with Crippen LogP contribution < -0.4 is 5.32 Å². The van der Waals surface area contributed by atoms with Crippen molar-refractivity contribution in [2.24, 2.45) is 0 Å². The van der Waals surface area contributed by atoms with Crippen LogP contribution in [0.3, 0.4) is 0 Å². The van der Waals surface area contributed by atoms with Crippen LogP contribution in [0.25, 0.3) is 11.0 Å². The van der Waals surface area contributed by atoms with E-state index in [1.807, 2.05) is 29.2 Å². The van der Waals surface area contributed by atoms with Gasteiger partial charge in [0.1, 0.15) is 18.2 Å². The number of aromatic nitrogens is 2. The smallest absolute Gasteiger partial charge is 0.251 e. The van der Waals surface area contributed by atoms with Crippen molar-refractivity contribution in [2.45, 2.75) is 64.5 Å². The van der Waals surface area contributed by atoms with Crippen LogP contribution in [0.5, 0.6) is 0 Å². The molecule has 1 fully saturated rings. The number of nitrogens with one attached hydrogen (secondary N) is 1. The van der Waals surface area contributed by atoms with Crippen LogP contribution in [0, 0.1) is 5.82 Å². The van der Waals surface area contributed by atoms with Crippen LogP contribution in [0.2, 0.25) is 0 Å². The summed E-state index contributed by atoms with van der Waals surface area (Å²) in [6, 6.07) is 13.8. The highest BCUT2D eigenvalue weighted by Gasteiger charge is 2.24. The Hall–Kier alpha value is -3.22. The molecular formula is C27H33FN4O2.